The Hall–Kier alpha value is -15.2. The van der Waals surface area contributed by atoms with Gasteiger partial charge in [0.2, 0.25) is 15.4 Å². The lowest BCUT2D eigenvalue weighted by atomic mass is 9.95. The van der Waals surface area contributed by atoms with Gasteiger partial charge in [-0.2, -0.15) is 0 Å². The molecule has 3 atom stereocenters. The summed E-state index contributed by atoms with van der Waals surface area (Å²) >= 11 is 3.28. The second kappa shape index (κ2) is 37.4. The number of carbonyl (C=O) groups excluding carboxylic acids is 6. The minimum Gasteiger partial charge on any atom is -0.507 e. The smallest absolute Gasteiger partial charge is 0.301 e. The number of Topliss-reactive ketones (excluding diaryl/α,β-unsaturated/α-hetero) is 3. The van der Waals surface area contributed by atoms with Gasteiger partial charge in [0.1, 0.15) is 69.4 Å². The van der Waals surface area contributed by atoms with E-state index in [9.17, 15) is 74.4 Å². The number of nitrogens with zero attached hydrogens (tertiary/aromatic N) is 12. The van der Waals surface area contributed by atoms with Crippen LogP contribution >= 0.6 is 34.0 Å². The van der Waals surface area contributed by atoms with Crippen molar-refractivity contribution in [3.8, 4) is 17.2 Å². The molecule has 3 aromatic heterocycles. The van der Waals surface area contributed by atoms with Gasteiger partial charge in [-0.25, -0.2) is 0 Å². The number of ether oxygens (including phenoxy) is 3. The molecule has 15 rings (SSSR count). The molecule has 0 bridgehead atoms. The predicted molar refractivity (Wildman–Crippen MR) is 447 cm³/mol. The van der Waals surface area contributed by atoms with Crippen LogP contribution in [0.15, 0.2) is 235 Å². The SMILES string of the molecule is CC(=O)O.Cc1cccc(COc2ccc(/C(O)=C3\C(=O)C(=O)N(c4nnc(C)s4)C3c3cccc([N+](=O)[O-])c3)cc2)c1.Cc1cccc(COc2ccc(/C(O)=C3\C(=O)C(=O)N(c4nnc(C)s4)C3c3cccc([N+](=O)[O-])c3)cc2)c1.Cc1cccc(COc2ccc(/C(O)=C3\C(=O)C(=O)N(c4nnc(C)s4)C3c3cccc([N+](=O)[O-])c3)cc2)c1. The number of nitro groups is 3. The monoisotopic (exact) mass is 1690 g/mol. The first-order valence-electron chi connectivity index (χ1n) is 36.5. The summed E-state index contributed by atoms with van der Waals surface area (Å²) in [6, 6.07) is 56.5. The van der Waals surface area contributed by atoms with E-state index in [0.29, 0.717) is 52.1 Å². The van der Waals surface area contributed by atoms with Gasteiger partial charge in [0, 0.05) is 60.0 Å². The standard InChI is InChI=1S/3C28H22N4O6S.C2H4O2/c3*1-16-5-3-6-18(13-16)15-38-22-11-9-19(10-12-22)25(33)23-24(20-7-4-8-21(14-20)32(36)37)31(27(35)26(23)34)28-30-29-17(2)39-28;1-2(3)4/h3*3-14,24,33H,15H2,1-2H3;1H3,(H,3,4)/b3*25-23+;. The Kier molecular flexibility index (Phi) is 26.3. The van der Waals surface area contributed by atoms with Gasteiger partial charge in [-0.05, 0) is 148 Å². The normalized spacial score (nSPS) is 16.1. The molecule has 3 aliphatic heterocycles. The fourth-order valence-electron chi connectivity index (χ4n) is 13.1. The van der Waals surface area contributed by atoms with Gasteiger partial charge in [0.15, 0.2) is 0 Å². The maximum atomic E-state index is 13.3. The van der Waals surface area contributed by atoms with E-state index < -0.39 is 91.2 Å². The molecule has 0 saturated carbocycles. The molecule has 121 heavy (non-hydrogen) atoms. The van der Waals surface area contributed by atoms with Crippen molar-refractivity contribution in [2.24, 2.45) is 0 Å². The Bertz CT molecular complexity index is 5580. The number of carbonyl (C=O) groups is 7. The van der Waals surface area contributed by atoms with E-state index in [1.54, 1.807) is 112 Å². The first-order chi connectivity index (χ1) is 57.9. The fraction of sp³-hybridized carbons (Fsp3) is 0.151. The van der Waals surface area contributed by atoms with Crippen molar-refractivity contribution < 1.29 is 83.0 Å². The zero-order chi connectivity index (χ0) is 86.6. The Morgan fingerprint density at radius 2 is 0.603 bits per heavy atom. The number of carboxylic acid groups (broad SMARTS) is 1. The largest absolute Gasteiger partial charge is 0.507 e. The lowest BCUT2D eigenvalue weighted by Gasteiger charge is -2.22. The van der Waals surface area contributed by atoms with Crippen LogP contribution in [-0.4, -0.2) is 107 Å². The zero-order valence-corrected chi connectivity index (χ0v) is 67.5. The topological polar surface area (TPSA) is 445 Å². The molecule has 0 radical (unpaired) electrons. The van der Waals surface area contributed by atoms with E-state index >= 15 is 0 Å². The summed E-state index contributed by atoms with van der Waals surface area (Å²) in [7, 11) is 0. The van der Waals surface area contributed by atoms with Gasteiger partial charge in [-0.1, -0.05) is 160 Å². The lowest BCUT2D eigenvalue weighted by Crippen LogP contribution is -2.29. The highest BCUT2D eigenvalue weighted by Crippen LogP contribution is 2.48. The summed E-state index contributed by atoms with van der Waals surface area (Å²) in [6.07, 6.45) is 0. The highest BCUT2D eigenvalue weighted by Gasteiger charge is 2.52. The Morgan fingerprint density at radius 3 is 0.818 bits per heavy atom. The number of aliphatic hydroxyl groups is 3. The summed E-state index contributed by atoms with van der Waals surface area (Å²) in [5.74, 6) is -5.98. The molecular weight excluding hydrogens is 1620 g/mol. The third-order valence-electron chi connectivity index (χ3n) is 18.5. The molecule has 3 unspecified atom stereocenters. The molecule has 3 amide bonds. The van der Waals surface area contributed by atoms with Gasteiger partial charge in [-0.15, -0.1) is 30.6 Å². The number of amides is 3. The van der Waals surface area contributed by atoms with E-state index in [4.69, 9.17) is 24.1 Å². The third kappa shape index (κ3) is 19.7. The van der Waals surface area contributed by atoms with Crippen LogP contribution in [0.2, 0.25) is 0 Å². The fourth-order valence-corrected chi connectivity index (χ4v) is 15.3. The minimum atomic E-state index is -1.14. The van der Waals surface area contributed by atoms with E-state index in [1.165, 1.54) is 54.6 Å². The number of aryl methyl sites for hydroxylation is 6. The molecule has 0 aliphatic carbocycles. The summed E-state index contributed by atoms with van der Waals surface area (Å²) in [5, 5.41) is 102. The number of aromatic nitrogens is 6. The minimum absolute atomic E-state index is 0.144. The summed E-state index contributed by atoms with van der Waals surface area (Å²) < 4.78 is 17.5. The molecule has 3 fully saturated rings. The van der Waals surface area contributed by atoms with Crippen molar-refractivity contribution in [2.75, 3.05) is 14.7 Å². The second-order valence-corrected chi connectivity index (χ2v) is 30.8. The van der Waals surface area contributed by atoms with Gasteiger partial charge < -0.3 is 34.6 Å². The third-order valence-corrected chi connectivity index (χ3v) is 21.0. The molecule has 32 nitrogen and oxygen atoms in total. The number of rotatable bonds is 21. The number of hydrogen-bond donors (Lipinski definition) is 4. The lowest BCUT2D eigenvalue weighted by molar-refractivity contribution is -0.385. The maximum absolute atomic E-state index is 13.3. The predicted octanol–water partition coefficient (Wildman–Crippen LogP) is 15.9. The van der Waals surface area contributed by atoms with Gasteiger partial charge >= 0.3 is 17.7 Å². The van der Waals surface area contributed by atoms with Crippen LogP contribution < -0.4 is 28.9 Å². The van der Waals surface area contributed by atoms with Crippen molar-refractivity contribution >= 4 is 125 Å². The maximum Gasteiger partial charge on any atom is 0.301 e. The van der Waals surface area contributed by atoms with Crippen molar-refractivity contribution in [3.63, 3.8) is 0 Å². The van der Waals surface area contributed by atoms with Gasteiger partial charge in [0.05, 0.1) is 49.6 Å². The first kappa shape index (κ1) is 85.1. The number of aliphatic carboxylic acids is 1. The number of hydrogen-bond acceptors (Lipinski definition) is 28. The van der Waals surface area contributed by atoms with Crippen molar-refractivity contribution in [1.82, 2.24) is 30.6 Å². The highest BCUT2D eigenvalue weighted by atomic mass is 32.1. The molecule has 3 saturated heterocycles. The summed E-state index contributed by atoms with van der Waals surface area (Å²) in [6.45, 7) is 13.2. The van der Waals surface area contributed by atoms with E-state index in [-0.39, 0.29) is 82.6 Å². The molecular formula is C86H70N12O20S3. The Balaban J connectivity index is 0.000000162. The molecule has 12 aromatic rings. The van der Waals surface area contributed by atoms with Crippen LogP contribution in [0.5, 0.6) is 17.2 Å². The Morgan fingerprint density at radius 1 is 0.364 bits per heavy atom. The van der Waals surface area contributed by atoms with E-state index in [1.807, 2.05) is 93.6 Å². The number of anilines is 3. The van der Waals surface area contributed by atoms with Crippen molar-refractivity contribution in [1.29, 1.82) is 0 Å². The molecule has 0 spiro atoms. The van der Waals surface area contributed by atoms with E-state index in [0.717, 1.165) is 89.0 Å². The molecule has 6 heterocycles. The highest BCUT2D eigenvalue weighted by molar-refractivity contribution is 7.16. The van der Waals surface area contributed by atoms with Crippen LogP contribution in [0, 0.1) is 71.9 Å². The molecule has 3 aliphatic rings. The summed E-state index contributed by atoms with van der Waals surface area (Å²) in [4.78, 5) is 124. The number of benzene rings is 9. The molecule has 35 heteroatoms. The summed E-state index contributed by atoms with van der Waals surface area (Å²) in [5.41, 5.74) is 6.75. The number of non-ortho nitro benzene ring substituents is 3. The average Bonchev–Trinajstić information content (AvgIpc) is 1.61. The van der Waals surface area contributed by atoms with Crippen LogP contribution in [0.25, 0.3) is 17.3 Å². The number of carboxylic acids is 1. The quantitative estimate of drug-likeness (QED) is 0.0171. The van der Waals surface area contributed by atoms with Crippen LogP contribution in [0.3, 0.4) is 0 Å². The molecule has 9 aromatic carbocycles. The van der Waals surface area contributed by atoms with Crippen LogP contribution in [0.1, 0.15) is 107 Å². The second-order valence-electron chi connectivity index (χ2n) is 27.3. The van der Waals surface area contributed by atoms with Gasteiger partial charge in [-0.3, -0.25) is 78.6 Å². The molecule has 4 N–H and O–H groups in total. The van der Waals surface area contributed by atoms with Gasteiger partial charge in [0.25, 0.3) is 40.4 Å². The van der Waals surface area contributed by atoms with Crippen molar-refractivity contribution in [2.45, 2.75) is 86.4 Å². The van der Waals surface area contributed by atoms with Crippen LogP contribution in [-0.2, 0) is 53.4 Å². The average molecular weight is 1690 g/mol. The van der Waals surface area contributed by atoms with Crippen LogP contribution in [0.4, 0.5) is 32.5 Å². The number of nitro benzene ring substituents is 3. The van der Waals surface area contributed by atoms with E-state index in [2.05, 4.69) is 30.6 Å². The first-order valence-corrected chi connectivity index (χ1v) is 39.0. The zero-order valence-electron chi connectivity index (χ0n) is 65.1. The van der Waals surface area contributed by atoms with Crippen molar-refractivity contribution in [3.05, 3.63) is 347 Å². The molecule has 612 valence electrons. The number of ketones is 3. The number of aliphatic hydroxyl groups excluding tert-OH is 3. The Labute approximate surface area is 700 Å².